The van der Waals surface area contributed by atoms with Gasteiger partial charge in [-0.05, 0) is 18.8 Å². The van der Waals surface area contributed by atoms with Crippen LogP contribution in [0.2, 0.25) is 0 Å². The summed E-state index contributed by atoms with van der Waals surface area (Å²) < 4.78 is 6.03. The Kier molecular flexibility index (Phi) is 7.99. The second kappa shape index (κ2) is 10.3. The van der Waals surface area contributed by atoms with Gasteiger partial charge >= 0.3 is 0 Å². The van der Waals surface area contributed by atoms with Crippen molar-refractivity contribution in [2.75, 3.05) is 26.3 Å². The molecule has 29 heavy (non-hydrogen) atoms. The monoisotopic (exact) mass is 466 g/mol. The van der Waals surface area contributed by atoms with Crippen LogP contribution in [0.15, 0.2) is 34.5 Å². The highest BCUT2D eigenvalue weighted by molar-refractivity contribution is 9.11. The van der Waals surface area contributed by atoms with E-state index < -0.39 is 5.60 Å². The lowest BCUT2D eigenvalue weighted by Crippen LogP contribution is -2.57. The maximum atomic E-state index is 13.1. The molecule has 5 nitrogen and oxygen atoms in total. The molecule has 2 N–H and O–H groups in total. The van der Waals surface area contributed by atoms with E-state index in [2.05, 4.69) is 39.6 Å². The first-order chi connectivity index (χ1) is 14.0. The molecule has 1 unspecified atom stereocenters. The maximum absolute atomic E-state index is 13.1. The summed E-state index contributed by atoms with van der Waals surface area (Å²) in [6, 6.07) is 0.0367. The van der Waals surface area contributed by atoms with Gasteiger partial charge in [0.1, 0.15) is 5.60 Å². The van der Waals surface area contributed by atoms with E-state index in [1.54, 1.807) is 6.08 Å². The van der Waals surface area contributed by atoms with Crippen LogP contribution in [0.3, 0.4) is 0 Å². The fourth-order valence-electron chi connectivity index (χ4n) is 4.75. The number of hydrogen-bond donors (Lipinski definition) is 2. The molecule has 0 radical (unpaired) electrons. The van der Waals surface area contributed by atoms with Gasteiger partial charge in [0.05, 0.1) is 31.4 Å². The van der Waals surface area contributed by atoms with Crippen LogP contribution in [-0.4, -0.2) is 53.9 Å². The first-order valence-electron chi connectivity index (χ1n) is 11.1. The molecule has 0 aromatic rings. The van der Waals surface area contributed by atoms with Gasteiger partial charge < -0.3 is 20.1 Å². The molecule has 0 bridgehead atoms. The van der Waals surface area contributed by atoms with Gasteiger partial charge in [-0.25, -0.2) is 0 Å². The minimum Gasteiger partial charge on any atom is -0.383 e. The predicted octanol–water partition coefficient (Wildman–Crippen LogP) is 4.04. The third-order valence-corrected chi connectivity index (χ3v) is 7.17. The fourth-order valence-corrected chi connectivity index (χ4v) is 5.23. The fraction of sp³-hybridized carbons (Fsp3) is 0.696. The van der Waals surface area contributed by atoms with Gasteiger partial charge in [-0.15, -0.1) is 0 Å². The quantitative estimate of drug-likeness (QED) is 0.529. The lowest BCUT2D eigenvalue weighted by molar-refractivity contribution is -0.185. The third-order valence-electron chi connectivity index (χ3n) is 6.42. The molecule has 2 fully saturated rings. The number of aliphatic hydroxyl groups is 1. The van der Waals surface area contributed by atoms with Crippen molar-refractivity contribution in [3.63, 3.8) is 0 Å². The maximum Gasteiger partial charge on any atom is 0.253 e. The molecule has 1 saturated carbocycles. The van der Waals surface area contributed by atoms with Crippen molar-refractivity contribution in [1.29, 1.82) is 0 Å². The summed E-state index contributed by atoms with van der Waals surface area (Å²) in [5.41, 5.74) is 0.799. The first-order valence-corrected chi connectivity index (χ1v) is 11.8. The molecule has 0 aromatic carbocycles. The summed E-state index contributed by atoms with van der Waals surface area (Å²) in [4.78, 5) is 15.1. The van der Waals surface area contributed by atoms with E-state index in [-0.39, 0.29) is 11.9 Å². The minimum absolute atomic E-state index is 0.0367. The van der Waals surface area contributed by atoms with Crippen molar-refractivity contribution in [2.24, 2.45) is 5.92 Å². The third kappa shape index (κ3) is 5.53. The van der Waals surface area contributed by atoms with Gasteiger partial charge in [-0.1, -0.05) is 74.0 Å². The zero-order valence-electron chi connectivity index (χ0n) is 17.6. The number of ether oxygens (including phenoxy) is 1. The number of rotatable bonds is 8. The molecule has 2 aliphatic heterocycles. The molecule has 0 spiro atoms. The van der Waals surface area contributed by atoms with Crippen molar-refractivity contribution >= 4 is 21.8 Å². The molecule has 1 amide bonds. The molecule has 2 heterocycles. The second-order valence-corrected chi connectivity index (χ2v) is 9.58. The number of allylic oxidation sites excluding steroid dienone is 2. The van der Waals surface area contributed by atoms with Crippen LogP contribution in [0.25, 0.3) is 0 Å². The van der Waals surface area contributed by atoms with Gasteiger partial charge in [0.15, 0.2) is 0 Å². The molecule has 6 heteroatoms. The molecule has 3 rings (SSSR count). The summed E-state index contributed by atoms with van der Waals surface area (Å²) in [5, 5.41) is 13.7. The van der Waals surface area contributed by atoms with E-state index in [0.717, 1.165) is 28.8 Å². The Bertz CT molecular complexity index is 661. The van der Waals surface area contributed by atoms with Gasteiger partial charge in [0, 0.05) is 22.8 Å². The SMILES string of the molecule is C=C/C(Br)=C1/C(C(=O)NCCC2CCCCCC2)=CN(CC2(O)COC2)C1CC. The van der Waals surface area contributed by atoms with Crippen LogP contribution in [0.1, 0.15) is 58.3 Å². The Labute approximate surface area is 183 Å². The Morgan fingerprint density at radius 2 is 2.07 bits per heavy atom. The largest absolute Gasteiger partial charge is 0.383 e. The van der Waals surface area contributed by atoms with Crippen molar-refractivity contribution in [1.82, 2.24) is 10.2 Å². The molecule has 1 atom stereocenters. The standard InChI is InChI=1S/C23H35BrN2O3/c1-3-19(24)21-18(13-26(20(21)4-2)14-23(28)15-29-16-23)22(27)25-12-11-17-9-7-5-6-8-10-17/h3,13,17,20,28H,1,4-12,14-16H2,2H3,(H,25,27)/b21-19+. The van der Waals surface area contributed by atoms with Crippen molar-refractivity contribution in [3.8, 4) is 0 Å². The first kappa shape index (κ1) is 22.6. The normalized spacial score (nSPS) is 26.4. The zero-order valence-corrected chi connectivity index (χ0v) is 19.2. The summed E-state index contributed by atoms with van der Waals surface area (Å²) >= 11 is 3.60. The van der Waals surface area contributed by atoms with Crippen LogP contribution in [-0.2, 0) is 9.53 Å². The average molecular weight is 467 g/mol. The van der Waals surface area contributed by atoms with Gasteiger partial charge in [-0.2, -0.15) is 0 Å². The highest BCUT2D eigenvalue weighted by atomic mass is 79.9. The van der Waals surface area contributed by atoms with Gasteiger partial charge in [0.25, 0.3) is 5.91 Å². The van der Waals surface area contributed by atoms with Crippen molar-refractivity contribution < 1.29 is 14.6 Å². The summed E-state index contributed by atoms with van der Waals surface area (Å²) in [6.45, 7) is 7.85. The van der Waals surface area contributed by atoms with Crippen molar-refractivity contribution in [2.45, 2.75) is 69.9 Å². The Balaban J connectivity index is 1.67. The molecule has 162 valence electrons. The number of β-amino-alcohol motifs (C(OH)–C–C–N with tert-alkyl or cyclic N) is 1. The van der Waals surface area contributed by atoms with E-state index >= 15 is 0 Å². The number of halogens is 1. The topological polar surface area (TPSA) is 61.8 Å². The minimum atomic E-state index is -0.832. The zero-order chi connectivity index (χ0) is 20.9. The molecule has 0 aromatic heterocycles. The van der Waals surface area contributed by atoms with Gasteiger partial charge in [0.2, 0.25) is 0 Å². The molecular weight excluding hydrogens is 432 g/mol. The number of nitrogens with zero attached hydrogens (tertiary/aromatic N) is 1. The van der Waals surface area contributed by atoms with E-state index in [0.29, 0.717) is 31.9 Å². The lowest BCUT2D eigenvalue weighted by Gasteiger charge is -2.41. The van der Waals surface area contributed by atoms with E-state index in [4.69, 9.17) is 4.74 Å². The number of nitrogens with one attached hydrogen (secondary N) is 1. The number of hydrogen-bond acceptors (Lipinski definition) is 4. The van der Waals surface area contributed by atoms with E-state index in [9.17, 15) is 9.90 Å². The smallest absolute Gasteiger partial charge is 0.253 e. The number of amides is 1. The van der Waals surface area contributed by atoms with Crippen LogP contribution >= 0.6 is 15.9 Å². The lowest BCUT2D eigenvalue weighted by atomic mass is 9.96. The highest BCUT2D eigenvalue weighted by Gasteiger charge is 2.42. The Morgan fingerprint density at radius 3 is 2.62 bits per heavy atom. The molecular formula is C23H35BrN2O3. The summed E-state index contributed by atoms with van der Waals surface area (Å²) in [7, 11) is 0. The van der Waals surface area contributed by atoms with Crippen molar-refractivity contribution in [3.05, 3.63) is 34.5 Å². The Morgan fingerprint density at radius 1 is 1.38 bits per heavy atom. The number of carbonyl (C=O) groups is 1. The number of carbonyl (C=O) groups excluding carboxylic acids is 1. The molecule has 1 saturated heterocycles. The van der Waals surface area contributed by atoms with Crippen LogP contribution in [0.5, 0.6) is 0 Å². The summed E-state index contributed by atoms with van der Waals surface area (Å²) in [6.07, 6.45) is 13.5. The van der Waals surface area contributed by atoms with Crippen LogP contribution in [0.4, 0.5) is 0 Å². The van der Waals surface area contributed by atoms with E-state index in [1.165, 1.54) is 38.5 Å². The van der Waals surface area contributed by atoms with Crippen LogP contribution in [0, 0.1) is 5.92 Å². The summed E-state index contributed by atoms with van der Waals surface area (Å²) in [5.74, 6) is 0.697. The van der Waals surface area contributed by atoms with Gasteiger partial charge in [-0.3, -0.25) is 4.79 Å². The van der Waals surface area contributed by atoms with Crippen LogP contribution < -0.4 is 5.32 Å². The highest BCUT2D eigenvalue weighted by Crippen LogP contribution is 2.36. The average Bonchev–Trinajstić information content (AvgIpc) is 2.85. The van der Waals surface area contributed by atoms with E-state index in [1.807, 2.05) is 6.20 Å². The predicted molar refractivity (Wildman–Crippen MR) is 120 cm³/mol. The molecule has 1 aliphatic carbocycles. The molecule has 3 aliphatic rings. The Hall–Kier alpha value is -1.11. The second-order valence-electron chi connectivity index (χ2n) is 8.72.